The van der Waals surface area contributed by atoms with Gasteiger partial charge >= 0.3 is 0 Å². The van der Waals surface area contributed by atoms with Crippen molar-refractivity contribution in [2.45, 2.75) is 19.5 Å². The van der Waals surface area contributed by atoms with E-state index in [0.717, 1.165) is 5.56 Å². The zero-order chi connectivity index (χ0) is 12.1. The van der Waals surface area contributed by atoms with Gasteiger partial charge in [-0.25, -0.2) is 4.39 Å². The highest BCUT2D eigenvalue weighted by atomic mass is 19.1. The molecular weight excluding hydrogens is 211 g/mol. The van der Waals surface area contributed by atoms with Gasteiger partial charge in [-0.3, -0.25) is 4.79 Å². The molecule has 16 heavy (non-hydrogen) atoms. The van der Waals surface area contributed by atoms with Crippen LogP contribution in [0.5, 0.6) is 0 Å². The summed E-state index contributed by atoms with van der Waals surface area (Å²) in [6.45, 7) is 1.53. The molecule has 0 aliphatic heterocycles. The summed E-state index contributed by atoms with van der Waals surface area (Å²) in [4.78, 5) is 11.2. The van der Waals surface area contributed by atoms with Crippen LogP contribution < -0.4 is 11.1 Å². The number of halogens is 1. The fraction of sp³-hybridized carbons (Fsp3) is 0.364. The maximum Gasteiger partial charge on any atom is 0.239 e. The van der Waals surface area contributed by atoms with Gasteiger partial charge in [-0.1, -0.05) is 12.1 Å². The van der Waals surface area contributed by atoms with E-state index in [0.29, 0.717) is 5.56 Å². The van der Waals surface area contributed by atoms with E-state index < -0.39 is 18.6 Å². The van der Waals surface area contributed by atoms with Gasteiger partial charge in [0, 0.05) is 6.54 Å². The van der Waals surface area contributed by atoms with E-state index in [1.54, 1.807) is 19.1 Å². The quantitative estimate of drug-likeness (QED) is 0.680. The van der Waals surface area contributed by atoms with Crippen LogP contribution in [-0.4, -0.2) is 23.7 Å². The normalized spacial score (nSPS) is 12.2. The molecule has 1 aromatic carbocycles. The first-order valence-corrected chi connectivity index (χ1v) is 4.93. The second-order valence-corrected chi connectivity index (χ2v) is 3.59. The van der Waals surface area contributed by atoms with Gasteiger partial charge in [-0.05, 0) is 24.1 Å². The molecule has 0 saturated heterocycles. The summed E-state index contributed by atoms with van der Waals surface area (Å²) in [7, 11) is 0. The van der Waals surface area contributed by atoms with E-state index in [1.165, 1.54) is 6.07 Å². The monoisotopic (exact) mass is 226 g/mol. The van der Waals surface area contributed by atoms with Crippen LogP contribution in [0, 0.1) is 12.7 Å². The van der Waals surface area contributed by atoms with Crippen LogP contribution >= 0.6 is 0 Å². The van der Waals surface area contributed by atoms with Crippen molar-refractivity contribution in [2.24, 2.45) is 5.73 Å². The van der Waals surface area contributed by atoms with E-state index in [1.807, 2.05) is 0 Å². The van der Waals surface area contributed by atoms with Crippen molar-refractivity contribution in [3.8, 4) is 0 Å². The summed E-state index contributed by atoms with van der Waals surface area (Å²) in [6, 6.07) is 3.68. The highest BCUT2D eigenvalue weighted by molar-refractivity contribution is 5.81. The summed E-state index contributed by atoms with van der Waals surface area (Å²) in [5.74, 6) is -0.702. The Balaban J connectivity index is 2.55. The average Bonchev–Trinajstić information content (AvgIpc) is 2.29. The first-order chi connectivity index (χ1) is 7.54. The second-order valence-electron chi connectivity index (χ2n) is 3.59. The summed E-state index contributed by atoms with van der Waals surface area (Å²) in [5, 5.41) is 11.2. The Kier molecular flexibility index (Phi) is 4.39. The minimum absolute atomic E-state index is 0.271. The number of carbonyl (C=O) groups is 1. The van der Waals surface area contributed by atoms with Crippen LogP contribution in [0.15, 0.2) is 18.2 Å². The molecule has 1 amide bonds. The summed E-state index contributed by atoms with van der Waals surface area (Å²) < 4.78 is 12.9. The maximum absolute atomic E-state index is 12.9. The van der Waals surface area contributed by atoms with E-state index in [9.17, 15) is 9.18 Å². The second kappa shape index (κ2) is 5.58. The Morgan fingerprint density at radius 1 is 1.62 bits per heavy atom. The van der Waals surface area contributed by atoms with Crippen LogP contribution in [-0.2, 0) is 11.3 Å². The fourth-order valence-electron chi connectivity index (χ4n) is 1.22. The van der Waals surface area contributed by atoms with Crippen LogP contribution in [0.2, 0.25) is 0 Å². The molecule has 5 heteroatoms. The Bertz CT molecular complexity index is 382. The Morgan fingerprint density at radius 2 is 2.31 bits per heavy atom. The first-order valence-electron chi connectivity index (χ1n) is 4.93. The lowest BCUT2D eigenvalue weighted by Crippen LogP contribution is -2.42. The van der Waals surface area contributed by atoms with Gasteiger partial charge in [0.2, 0.25) is 5.91 Å². The zero-order valence-corrected chi connectivity index (χ0v) is 9.03. The predicted molar refractivity (Wildman–Crippen MR) is 58.0 cm³/mol. The van der Waals surface area contributed by atoms with Crippen molar-refractivity contribution in [1.82, 2.24) is 5.32 Å². The van der Waals surface area contributed by atoms with Crippen molar-refractivity contribution in [1.29, 1.82) is 0 Å². The number of aryl methyl sites for hydroxylation is 1. The van der Waals surface area contributed by atoms with E-state index >= 15 is 0 Å². The number of amides is 1. The molecule has 1 unspecified atom stereocenters. The molecule has 0 saturated carbocycles. The van der Waals surface area contributed by atoms with Crippen LogP contribution in [0.1, 0.15) is 11.1 Å². The maximum atomic E-state index is 12.9. The Hall–Kier alpha value is -1.46. The van der Waals surface area contributed by atoms with Gasteiger partial charge in [0.25, 0.3) is 0 Å². The number of benzene rings is 1. The minimum Gasteiger partial charge on any atom is -0.394 e. The fourth-order valence-corrected chi connectivity index (χ4v) is 1.22. The molecule has 0 aromatic heterocycles. The van der Waals surface area contributed by atoms with Crippen molar-refractivity contribution in [3.63, 3.8) is 0 Å². The topological polar surface area (TPSA) is 75.4 Å². The number of aliphatic hydroxyl groups is 1. The number of hydrogen-bond donors (Lipinski definition) is 3. The number of nitrogens with one attached hydrogen (secondary N) is 1. The molecule has 0 fully saturated rings. The van der Waals surface area contributed by atoms with Gasteiger partial charge in [0.1, 0.15) is 11.9 Å². The van der Waals surface area contributed by atoms with E-state index in [4.69, 9.17) is 10.8 Å². The van der Waals surface area contributed by atoms with Gasteiger partial charge in [-0.2, -0.15) is 0 Å². The van der Waals surface area contributed by atoms with Crippen LogP contribution in [0.25, 0.3) is 0 Å². The number of rotatable bonds is 4. The minimum atomic E-state index is -0.915. The van der Waals surface area contributed by atoms with Crippen molar-refractivity contribution in [2.75, 3.05) is 6.61 Å². The summed E-state index contributed by atoms with van der Waals surface area (Å²) in [6.07, 6.45) is 0. The number of carbonyl (C=O) groups excluding carboxylic acids is 1. The van der Waals surface area contributed by atoms with Crippen molar-refractivity contribution >= 4 is 5.91 Å². The largest absolute Gasteiger partial charge is 0.394 e. The lowest BCUT2D eigenvalue weighted by molar-refractivity contribution is -0.123. The SMILES string of the molecule is Cc1cc(CNC(=O)C(N)CO)ccc1F. The van der Waals surface area contributed by atoms with Crippen LogP contribution in [0.3, 0.4) is 0 Å². The summed E-state index contributed by atoms with van der Waals surface area (Å²) >= 11 is 0. The molecule has 88 valence electrons. The molecule has 1 rings (SSSR count). The Morgan fingerprint density at radius 3 is 2.88 bits per heavy atom. The Labute approximate surface area is 93.3 Å². The molecule has 1 aromatic rings. The number of nitrogens with two attached hydrogens (primary N) is 1. The van der Waals surface area contributed by atoms with E-state index in [2.05, 4.69) is 5.32 Å². The number of hydrogen-bond acceptors (Lipinski definition) is 3. The average molecular weight is 226 g/mol. The van der Waals surface area contributed by atoms with Gasteiger partial charge in [0.05, 0.1) is 6.61 Å². The third-order valence-corrected chi connectivity index (χ3v) is 2.22. The molecule has 0 bridgehead atoms. The standard InChI is InChI=1S/C11H15FN2O2/c1-7-4-8(2-3-9(7)12)5-14-11(16)10(13)6-15/h2-4,10,15H,5-6,13H2,1H3,(H,14,16). The lowest BCUT2D eigenvalue weighted by atomic mass is 10.1. The van der Waals surface area contributed by atoms with Gasteiger partial charge in [-0.15, -0.1) is 0 Å². The molecule has 0 aliphatic carbocycles. The molecule has 4 nitrogen and oxygen atoms in total. The van der Waals surface area contributed by atoms with Crippen LogP contribution in [0.4, 0.5) is 4.39 Å². The smallest absolute Gasteiger partial charge is 0.239 e. The molecule has 0 heterocycles. The zero-order valence-electron chi connectivity index (χ0n) is 9.03. The summed E-state index contributed by atoms with van der Waals surface area (Å²) in [5.41, 5.74) is 6.63. The van der Waals surface area contributed by atoms with Gasteiger partial charge in [0.15, 0.2) is 0 Å². The van der Waals surface area contributed by atoms with E-state index in [-0.39, 0.29) is 12.4 Å². The molecular formula is C11H15FN2O2. The lowest BCUT2D eigenvalue weighted by Gasteiger charge is -2.10. The van der Waals surface area contributed by atoms with Gasteiger partial charge < -0.3 is 16.2 Å². The predicted octanol–water partition coefficient (Wildman–Crippen LogP) is 0.0699. The highest BCUT2D eigenvalue weighted by Gasteiger charge is 2.11. The molecule has 0 spiro atoms. The third-order valence-electron chi connectivity index (χ3n) is 2.22. The number of aliphatic hydroxyl groups excluding tert-OH is 1. The third kappa shape index (κ3) is 3.29. The first kappa shape index (κ1) is 12.6. The van der Waals surface area contributed by atoms with Crippen molar-refractivity contribution in [3.05, 3.63) is 35.1 Å². The molecule has 0 radical (unpaired) electrons. The van der Waals surface area contributed by atoms with Crippen molar-refractivity contribution < 1.29 is 14.3 Å². The molecule has 1 atom stereocenters. The molecule has 0 aliphatic rings. The highest BCUT2D eigenvalue weighted by Crippen LogP contribution is 2.08. The molecule has 4 N–H and O–H groups in total.